The Morgan fingerprint density at radius 3 is 3.06 bits per heavy atom. The van der Waals surface area contributed by atoms with Crippen LogP contribution in [-0.2, 0) is 17.9 Å². The van der Waals surface area contributed by atoms with Gasteiger partial charge in [-0.1, -0.05) is 12.1 Å². The first-order valence-corrected chi connectivity index (χ1v) is 5.30. The smallest absolute Gasteiger partial charge is 0.306 e. The molecule has 0 fully saturated rings. The summed E-state index contributed by atoms with van der Waals surface area (Å²) in [4.78, 5) is 12.6. The number of benzene rings is 1. The largest absolute Gasteiger partial charge is 0.493 e. The van der Waals surface area contributed by atoms with E-state index in [0.29, 0.717) is 0 Å². The van der Waals surface area contributed by atoms with Gasteiger partial charge in [0.1, 0.15) is 5.75 Å². The molecule has 16 heavy (non-hydrogen) atoms. The van der Waals surface area contributed by atoms with Crippen molar-refractivity contribution < 1.29 is 14.6 Å². The number of hydrogen-bond acceptors (Lipinski definition) is 3. The molecule has 1 N–H and O–H groups in total. The SMILES string of the molecule is CN1Cc2cccc(OCCC(=O)O)c2C1. The van der Waals surface area contributed by atoms with E-state index in [-0.39, 0.29) is 13.0 Å². The number of fused-ring (bicyclic) bond motifs is 1. The third-order valence-electron chi connectivity index (χ3n) is 2.67. The van der Waals surface area contributed by atoms with Gasteiger partial charge in [-0.15, -0.1) is 0 Å². The molecule has 1 heterocycles. The van der Waals surface area contributed by atoms with Gasteiger partial charge in [0.25, 0.3) is 0 Å². The summed E-state index contributed by atoms with van der Waals surface area (Å²) in [7, 11) is 2.06. The number of ether oxygens (including phenoxy) is 1. The lowest BCUT2D eigenvalue weighted by Crippen LogP contribution is -2.08. The lowest BCUT2D eigenvalue weighted by molar-refractivity contribution is -0.137. The van der Waals surface area contributed by atoms with Gasteiger partial charge in [-0.25, -0.2) is 0 Å². The maximum atomic E-state index is 10.4. The van der Waals surface area contributed by atoms with E-state index in [1.165, 1.54) is 11.1 Å². The fourth-order valence-corrected chi connectivity index (χ4v) is 1.94. The second kappa shape index (κ2) is 4.53. The highest BCUT2D eigenvalue weighted by Gasteiger charge is 2.19. The van der Waals surface area contributed by atoms with Crippen LogP contribution in [0.15, 0.2) is 18.2 Å². The monoisotopic (exact) mass is 221 g/mol. The standard InChI is InChI=1S/C12H15NO3/c1-13-7-9-3-2-4-11(10(9)8-13)16-6-5-12(14)15/h2-4H,5-8H2,1H3,(H,14,15). The van der Waals surface area contributed by atoms with E-state index in [1.54, 1.807) is 0 Å². The van der Waals surface area contributed by atoms with Crippen molar-refractivity contribution in [2.24, 2.45) is 0 Å². The van der Waals surface area contributed by atoms with Gasteiger partial charge in [-0.05, 0) is 18.7 Å². The number of rotatable bonds is 4. The van der Waals surface area contributed by atoms with Crippen LogP contribution >= 0.6 is 0 Å². The predicted octanol–water partition coefficient (Wildman–Crippen LogP) is 1.49. The molecule has 0 radical (unpaired) electrons. The zero-order valence-corrected chi connectivity index (χ0v) is 9.27. The lowest BCUT2D eigenvalue weighted by Gasteiger charge is -2.09. The highest BCUT2D eigenvalue weighted by atomic mass is 16.5. The molecule has 0 saturated heterocycles. The fourth-order valence-electron chi connectivity index (χ4n) is 1.94. The van der Waals surface area contributed by atoms with Gasteiger partial charge in [0.05, 0.1) is 13.0 Å². The summed E-state index contributed by atoms with van der Waals surface area (Å²) in [5, 5.41) is 8.54. The molecule has 0 amide bonds. The van der Waals surface area contributed by atoms with Crippen LogP contribution in [0.2, 0.25) is 0 Å². The van der Waals surface area contributed by atoms with Crippen LogP contribution in [-0.4, -0.2) is 29.6 Å². The molecule has 0 unspecified atom stereocenters. The molecule has 0 aliphatic carbocycles. The normalized spacial score (nSPS) is 14.8. The van der Waals surface area contributed by atoms with Crippen LogP contribution in [0.5, 0.6) is 5.75 Å². The summed E-state index contributed by atoms with van der Waals surface area (Å²) >= 11 is 0. The summed E-state index contributed by atoms with van der Waals surface area (Å²) in [6.07, 6.45) is 0.0412. The second-order valence-electron chi connectivity index (χ2n) is 4.06. The minimum atomic E-state index is -0.829. The van der Waals surface area contributed by atoms with Gasteiger partial charge < -0.3 is 9.84 Å². The summed E-state index contributed by atoms with van der Waals surface area (Å²) in [6, 6.07) is 5.94. The van der Waals surface area contributed by atoms with E-state index >= 15 is 0 Å². The van der Waals surface area contributed by atoms with Gasteiger partial charge in [0.2, 0.25) is 0 Å². The number of carboxylic acids is 1. The number of carboxylic acid groups (broad SMARTS) is 1. The van der Waals surface area contributed by atoms with Crippen LogP contribution in [0.3, 0.4) is 0 Å². The van der Waals surface area contributed by atoms with Crippen LogP contribution in [0.25, 0.3) is 0 Å². The fraction of sp³-hybridized carbons (Fsp3) is 0.417. The number of hydrogen-bond donors (Lipinski definition) is 1. The van der Waals surface area contributed by atoms with E-state index in [1.807, 2.05) is 12.1 Å². The molecule has 4 heteroatoms. The van der Waals surface area contributed by atoms with Crippen LogP contribution in [0, 0.1) is 0 Å². The molecule has 0 aromatic heterocycles. The molecular weight excluding hydrogens is 206 g/mol. The Morgan fingerprint density at radius 1 is 1.50 bits per heavy atom. The van der Waals surface area contributed by atoms with E-state index < -0.39 is 5.97 Å². The van der Waals surface area contributed by atoms with E-state index in [9.17, 15) is 4.79 Å². The highest BCUT2D eigenvalue weighted by Crippen LogP contribution is 2.29. The van der Waals surface area contributed by atoms with Crippen LogP contribution in [0.4, 0.5) is 0 Å². The maximum absolute atomic E-state index is 10.4. The zero-order valence-electron chi connectivity index (χ0n) is 9.27. The summed E-state index contributed by atoms with van der Waals surface area (Å²) in [5.41, 5.74) is 2.46. The molecule has 2 rings (SSSR count). The Balaban J connectivity index is 2.05. The molecule has 1 aromatic carbocycles. The molecular formula is C12H15NO3. The molecule has 0 bridgehead atoms. The summed E-state index contributed by atoms with van der Waals surface area (Å²) in [6.45, 7) is 2.04. The van der Waals surface area contributed by atoms with Crippen molar-refractivity contribution in [3.8, 4) is 5.75 Å². The molecule has 1 aromatic rings. The molecule has 0 atom stereocenters. The minimum absolute atomic E-state index is 0.0412. The first kappa shape index (κ1) is 11.0. The number of nitrogens with zero attached hydrogens (tertiary/aromatic N) is 1. The third kappa shape index (κ3) is 2.33. The Bertz CT molecular complexity index is 403. The van der Waals surface area contributed by atoms with Crippen molar-refractivity contribution in [1.82, 2.24) is 4.90 Å². The van der Waals surface area contributed by atoms with E-state index in [2.05, 4.69) is 18.0 Å². The molecule has 86 valence electrons. The highest BCUT2D eigenvalue weighted by molar-refractivity contribution is 5.66. The molecule has 4 nitrogen and oxygen atoms in total. The topological polar surface area (TPSA) is 49.8 Å². The lowest BCUT2D eigenvalue weighted by atomic mass is 10.1. The Morgan fingerprint density at radius 2 is 2.31 bits per heavy atom. The van der Waals surface area contributed by atoms with E-state index in [0.717, 1.165) is 18.8 Å². The van der Waals surface area contributed by atoms with Gasteiger partial charge >= 0.3 is 5.97 Å². The van der Waals surface area contributed by atoms with Crippen LogP contribution < -0.4 is 4.74 Å². The van der Waals surface area contributed by atoms with Gasteiger partial charge in [-0.2, -0.15) is 0 Å². The van der Waals surface area contributed by atoms with Gasteiger partial charge in [-0.3, -0.25) is 9.69 Å². The van der Waals surface area contributed by atoms with Gasteiger partial charge in [0, 0.05) is 18.7 Å². The molecule has 0 saturated carbocycles. The Hall–Kier alpha value is -1.55. The van der Waals surface area contributed by atoms with Crippen LogP contribution in [0.1, 0.15) is 17.5 Å². The van der Waals surface area contributed by atoms with Crippen molar-refractivity contribution in [2.75, 3.05) is 13.7 Å². The summed E-state index contributed by atoms with van der Waals surface area (Å²) < 4.78 is 5.50. The summed E-state index contributed by atoms with van der Waals surface area (Å²) in [5.74, 6) is -0.00667. The second-order valence-corrected chi connectivity index (χ2v) is 4.06. The quantitative estimate of drug-likeness (QED) is 0.836. The Labute approximate surface area is 94.4 Å². The third-order valence-corrected chi connectivity index (χ3v) is 2.67. The van der Waals surface area contributed by atoms with E-state index in [4.69, 9.17) is 9.84 Å². The Kier molecular flexibility index (Phi) is 3.10. The average molecular weight is 221 g/mol. The first-order valence-electron chi connectivity index (χ1n) is 5.30. The molecule has 1 aliphatic heterocycles. The molecule has 0 spiro atoms. The van der Waals surface area contributed by atoms with Crippen molar-refractivity contribution in [3.05, 3.63) is 29.3 Å². The van der Waals surface area contributed by atoms with Crippen molar-refractivity contribution >= 4 is 5.97 Å². The average Bonchev–Trinajstić information content (AvgIpc) is 2.58. The van der Waals surface area contributed by atoms with Crippen molar-refractivity contribution in [2.45, 2.75) is 19.5 Å². The number of carbonyl (C=O) groups is 1. The predicted molar refractivity (Wildman–Crippen MR) is 59.4 cm³/mol. The van der Waals surface area contributed by atoms with Crippen molar-refractivity contribution in [3.63, 3.8) is 0 Å². The molecule has 1 aliphatic rings. The zero-order chi connectivity index (χ0) is 11.5. The first-order chi connectivity index (χ1) is 7.66. The minimum Gasteiger partial charge on any atom is -0.493 e. The number of aliphatic carboxylic acids is 1. The van der Waals surface area contributed by atoms with Gasteiger partial charge in [0.15, 0.2) is 0 Å². The van der Waals surface area contributed by atoms with Crippen molar-refractivity contribution in [1.29, 1.82) is 0 Å². The maximum Gasteiger partial charge on any atom is 0.306 e.